The number of hydrogen-bond acceptors (Lipinski definition) is 2. The average molecular weight is 121 g/mol. The lowest BCUT2D eigenvalue weighted by atomic mass is 10.8. The molecule has 0 saturated carbocycles. The predicted octanol–water partition coefficient (Wildman–Crippen LogP) is 1.26. The van der Waals surface area contributed by atoms with Crippen molar-refractivity contribution < 1.29 is 9.53 Å². The van der Waals surface area contributed by atoms with Crippen molar-refractivity contribution in [2.45, 2.75) is 6.92 Å². The van der Waals surface area contributed by atoms with E-state index in [2.05, 4.69) is 4.74 Å². The van der Waals surface area contributed by atoms with E-state index in [-0.39, 0.29) is 5.97 Å². The zero-order valence-corrected chi connectivity index (χ0v) is 4.61. The molecule has 7 heavy (non-hydrogen) atoms. The van der Waals surface area contributed by atoms with E-state index < -0.39 is 0 Å². The van der Waals surface area contributed by atoms with Gasteiger partial charge < -0.3 is 4.74 Å². The highest BCUT2D eigenvalue weighted by molar-refractivity contribution is 6.25. The summed E-state index contributed by atoms with van der Waals surface area (Å²) in [6.45, 7) is 1.30. The van der Waals surface area contributed by atoms with Gasteiger partial charge in [-0.2, -0.15) is 0 Å². The smallest absolute Gasteiger partial charge is 0.307 e. The maximum absolute atomic E-state index is 9.87. The molecule has 40 valence electrons. The Bertz CT molecular complexity index is 87.7. The SMILES string of the molecule is CC(=O)O/C=C\Cl. The van der Waals surface area contributed by atoms with E-state index in [1.165, 1.54) is 6.92 Å². The lowest BCUT2D eigenvalue weighted by Crippen LogP contribution is -1.88. The van der Waals surface area contributed by atoms with Crippen LogP contribution in [0.2, 0.25) is 0 Å². The summed E-state index contributed by atoms with van der Waals surface area (Å²) in [6.07, 6.45) is 1.11. The van der Waals surface area contributed by atoms with Crippen molar-refractivity contribution >= 4 is 17.6 Å². The third kappa shape index (κ3) is 5.50. The molecular weight excluding hydrogens is 115 g/mol. The van der Waals surface area contributed by atoms with Crippen LogP contribution in [0, 0.1) is 0 Å². The second-order valence-electron chi connectivity index (χ2n) is 0.872. The minimum atomic E-state index is -0.364. The van der Waals surface area contributed by atoms with Crippen molar-refractivity contribution in [3.05, 3.63) is 11.8 Å². The van der Waals surface area contributed by atoms with Crippen molar-refractivity contribution in [3.8, 4) is 0 Å². The van der Waals surface area contributed by atoms with Crippen LogP contribution in [0.5, 0.6) is 0 Å². The van der Waals surface area contributed by atoms with Gasteiger partial charge in [-0.1, -0.05) is 11.6 Å². The number of ether oxygens (including phenoxy) is 1. The number of carbonyl (C=O) groups excluding carboxylic acids is 1. The second-order valence-corrected chi connectivity index (χ2v) is 1.12. The first-order valence-electron chi connectivity index (χ1n) is 1.70. The Morgan fingerprint density at radius 2 is 2.43 bits per heavy atom. The van der Waals surface area contributed by atoms with E-state index in [1.54, 1.807) is 0 Å². The largest absolute Gasteiger partial charge is 0.434 e. The van der Waals surface area contributed by atoms with Gasteiger partial charge in [0.15, 0.2) is 0 Å². The van der Waals surface area contributed by atoms with Gasteiger partial charge in [-0.3, -0.25) is 4.79 Å². The molecule has 0 bridgehead atoms. The van der Waals surface area contributed by atoms with Gasteiger partial charge in [-0.15, -0.1) is 0 Å². The first-order valence-corrected chi connectivity index (χ1v) is 2.13. The third-order valence-electron chi connectivity index (χ3n) is 0.285. The van der Waals surface area contributed by atoms with E-state index in [0.29, 0.717) is 0 Å². The lowest BCUT2D eigenvalue weighted by Gasteiger charge is -1.84. The van der Waals surface area contributed by atoms with Crippen LogP contribution < -0.4 is 0 Å². The minimum Gasteiger partial charge on any atom is -0.434 e. The van der Waals surface area contributed by atoms with Gasteiger partial charge in [0.25, 0.3) is 0 Å². The molecule has 0 heterocycles. The van der Waals surface area contributed by atoms with E-state index in [9.17, 15) is 4.79 Å². The van der Waals surface area contributed by atoms with Crippen LogP contribution in [0.1, 0.15) is 6.92 Å². The Kier molecular flexibility index (Phi) is 3.42. The van der Waals surface area contributed by atoms with Gasteiger partial charge in [-0.25, -0.2) is 0 Å². The highest BCUT2D eigenvalue weighted by Gasteiger charge is 1.80. The third-order valence-corrected chi connectivity index (χ3v) is 0.388. The molecule has 2 nitrogen and oxygen atoms in total. The Labute approximate surface area is 46.7 Å². The summed E-state index contributed by atoms with van der Waals surface area (Å²) < 4.78 is 4.24. The van der Waals surface area contributed by atoms with Crippen molar-refractivity contribution in [1.29, 1.82) is 0 Å². The minimum absolute atomic E-state index is 0.364. The molecule has 0 fully saturated rings. The highest BCUT2D eigenvalue weighted by Crippen LogP contribution is 1.80. The lowest BCUT2D eigenvalue weighted by molar-refractivity contribution is -0.135. The standard InChI is InChI=1S/C4H5ClO2/c1-4(6)7-3-2-5/h2-3H,1H3/b3-2-. The fourth-order valence-electron chi connectivity index (χ4n) is 0.122. The normalized spacial score (nSPS) is 9.43. The molecule has 0 rings (SSSR count). The monoisotopic (exact) mass is 120 g/mol. The fourth-order valence-corrected chi connectivity index (χ4v) is 0.173. The summed E-state index contributed by atoms with van der Waals surface area (Å²) in [5, 5.41) is 0. The summed E-state index contributed by atoms with van der Waals surface area (Å²) >= 11 is 4.99. The zero-order chi connectivity index (χ0) is 5.70. The first-order chi connectivity index (χ1) is 3.27. The van der Waals surface area contributed by atoms with E-state index in [0.717, 1.165) is 11.8 Å². The number of hydrogen-bond donors (Lipinski definition) is 0. The quantitative estimate of drug-likeness (QED) is 0.385. The van der Waals surface area contributed by atoms with Gasteiger partial charge in [0.2, 0.25) is 0 Å². The fraction of sp³-hybridized carbons (Fsp3) is 0.250. The van der Waals surface area contributed by atoms with Gasteiger partial charge >= 0.3 is 5.97 Å². The molecule has 0 aromatic carbocycles. The first kappa shape index (κ1) is 6.50. The number of rotatable bonds is 1. The topological polar surface area (TPSA) is 26.3 Å². The molecule has 0 aliphatic rings. The Morgan fingerprint density at radius 1 is 1.86 bits per heavy atom. The van der Waals surface area contributed by atoms with Crippen molar-refractivity contribution in [2.75, 3.05) is 0 Å². The summed E-state index contributed by atoms with van der Waals surface area (Å²) in [7, 11) is 0. The van der Waals surface area contributed by atoms with Crippen molar-refractivity contribution in [2.24, 2.45) is 0 Å². The van der Waals surface area contributed by atoms with Crippen LogP contribution in [0.25, 0.3) is 0 Å². The predicted molar refractivity (Wildman–Crippen MR) is 26.8 cm³/mol. The summed E-state index contributed by atoms with van der Waals surface area (Å²) in [5.41, 5.74) is 1.13. The Balaban J connectivity index is 3.14. The van der Waals surface area contributed by atoms with E-state index >= 15 is 0 Å². The molecule has 0 aromatic heterocycles. The summed E-state index contributed by atoms with van der Waals surface area (Å²) in [4.78, 5) is 9.87. The van der Waals surface area contributed by atoms with Crippen LogP contribution in [-0.4, -0.2) is 5.97 Å². The Hall–Kier alpha value is -0.500. The van der Waals surface area contributed by atoms with Gasteiger partial charge in [0.05, 0.1) is 0 Å². The maximum atomic E-state index is 9.87. The molecule has 0 atom stereocenters. The molecule has 0 spiro atoms. The molecule has 0 aliphatic heterocycles. The van der Waals surface area contributed by atoms with Crippen LogP contribution in [0.15, 0.2) is 11.8 Å². The van der Waals surface area contributed by atoms with E-state index in [4.69, 9.17) is 11.6 Å². The molecule has 3 heteroatoms. The number of halogens is 1. The highest BCUT2D eigenvalue weighted by atomic mass is 35.5. The van der Waals surface area contributed by atoms with E-state index in [1.807, 2.05) is 0 Å². The molecule has 0 saturated heterocycles. The zero-order valence-electron chi connectivity index (χ0n) is 3.85. The molecule has 0 aromatic rings. The van der Waals surface area contributed by atoms with Gasteiger partial charge in [0, 0.05) is 12.5 Å². The molecule has 0 unspecified atom stereocenters. The summed E-state index contributed by atoms with van der Waals surface area (Å²) in [6, 6.07) is 0. The van der Waals surface area contributed by atoms with Crippen LogP contribution in [-0.2, 0) is 9.53 Å². The Morgan fingerprint density at radius 3 is 2.57 bits per heavy atom. The summed E-state index contributed by atoms with van der Waals surface area (Å²) in [5.74, 6) is -0.364. The van der Waals surface area contributed by atoms with Gasteiger partial charge in [-0.05, 0) is 0 Å². The molecule has 0 radical (unpaired) electrons. The average Bonchev–Trinajstić information content (AvgIpc) is 1.61. The molecule has 0 N–H and O–H groups in total. The van der Waals surface area contributed by atoms with Crippen LogP contribution in [0.4, 0.5) is 0 Å². The molecule has 0 amide bonds. The van der Waals surface area contributed by atoms with Crippen molar-refractivity contribution in [3.63, 3.8) is 0 Å². The number of carbonyl (C=O) groups is 1. The van der Waals surface area contributed by atoms with Gasteiger partial charge in [0.1, 0.15) is 6.26 Å². The number of esters is 1. The van der Waals surface area contributed by atoms with Crippen molar-refractivity contribution in [1.82, 2.24) is 0 Å². The molecule has 0 aliphatic carbocycles. The maximum Gasteiger partial charge on any atom is 0.307 e. The second kappa shape index (κ2) is 3.68. The molecular formula is C4H5ClO2. The van der Waals surface area contributed by atoms with Crippen LogP contribution >= 0.6 is 11.6 Å². The van der Waals surface area contributed by atoms with Crippen LogP contribution in [0.3, 0.4) is 0 Å².